The van der Waals surface area contributed by atoms with Crippen molar-refractivity contribution in [3.05, 3.63) is 0 Å². The number of hydrogen-bond donors (Lipinski definition) is 3. The number of amides is 2. The number of aliphatic imine (C=N–C) groups is 1. The summed E-state index contributed by atoms with van der Waals surface area (Å²) < 4.78 is 0. The summed E-state index contributed by atoms with van der Waals surface area (Å²) in [6.45, 7) is 11.9. The Morgan fingerprint density at radius 2 is 1.92 bits per heavy atom. The minimum atomic E-state index is -0.541. The summed E-state index contributed by atoms with van der Waals surface area (Å²) in [5.74, 6) is 0.985. The first-order chi connectivity index (χ1) is 11.4. The van der Waals surface area contributed by atoms with Gasteiger partial charge in [-0.2, -0.15) is 0 Å². The van der Waals surface area contributed by atoms with Crippen molar-refractivity contribution in [3.63, 3.8) is 0 Å². The Labute approximate surface area is 145 Å². The van der Waals surface area contributed by atoms with E-state index in [0.29, 0.717) is 25.5 Å². The zero-order chi connectivity index (χ0) is 18.0. The molecule has 2 amide bonds. The van der Waals surface area contributed by atoms with Crippen molar-refractivity contribution >= 4 is 17.8 Å². The van der Waals surface area contributed by atoms with Gasteiger partial charge in [-0.05, 0) is 40.5 Å². The molecule has 1 aliphatic heterocycles. The van der Waals surface area contributed by atoms with Crippen LogP contribution in [0.4, 0.5) is 0 Å². The predicted octanol–water partition coefficient (Wildman–Crippen LogP) is 0.716. The number of carbonyl (C=O) groups excluding carboxylic acids is 2. The molecule has 0 saturated carbocycles. The maximum absolute atomic E-state index is 12.0. The lowest BCUT2D eigenvalue weighted by Crippen LogP contribution is -2.42. The molecule has 3 N–H and O–H groups in total. The van der Waals surface area contributed by atoms with Crippen LogP contribution in [0.5, 0.6) is 0 Å². The van der Waals surface area contributed by atoms with E-state index in [1.807, 2.05) is 32.6 Å². The van der Waals surface area contributed by atoms with Crippen LogP contribution in [0.25, 0.3) is 0 Å². The molecule has 0 aromatic rings. The van der Waals surface area contributed by atoms with E-state index in [4.69, 9.17) is 0 Å². The first kappa shape index (κ1) is 20.3. The monoisotopic (exact) mass is 339 g/mol. The standard InChI is InChI=1S/C17H33N5O2/c1-5-18-15(24)17(3,4)13-21-16(19-6-2)20-10-8-12-22-11-7-9-14(22)23/h5-13H2,1-4H3,(H,18,24)(H2,19,20,21). The average Bonchev–Trinajstić information content (AvgIpc) is 2.94. The van der Waals surface area contributed by atoms with Crippen LogP contribution in [0, 0.1) is 5.41 Å². The van der Waals surface area contributed by atoms with Gasteiger partial charge in [0, 0.05) is 39.1 Å². The van der Waals surface area contributed by atoms with Crippen molar-refractivity contribution in [1.82, 2.24) is 20.9 Å². The lowest BCUT2D eigenvalue weighted by molar-refractivity contribution is -0.129. The molecule has 0 unspecified atom stereocenters. The van der Waals surface area contributed by atoms with Gasteiger partial charge in [-0.3, -0.25) is 14.6 Å². The summed E-state index contributed by atoms with van der Waals surface area (Å²) in [4.78, 5) is 30.0. The number of hydrogen-bond acceptors (Lipinski definition) is 3. The van der Waals surface area contributed by atoms with Gasteiger partial charge in [-0.1, -0.05) is 0 Å². The fourth-order valence-electron chi connectivity index (χ4n) is 2.51. The number of nitrogens with zero attached hydrogens (tertiary/aromatic N) is 2. The van der Waals surface area contributed by atoms with Crippen molar-refractivity contribution in [1.29, 1.82) is 0 Å². The molecule has 0 bridgehead atoms. The molecule has 0 spiro atoms. The smallest absolute Gasteiger partial charge is 0.227 e. The third-order valence-electron chi connectivity index (χ3n) is 4.00. The molecular formula is C17H33N5O2. The van der Waals surface area contributed by atoms with Gasteiger partial charge >= 0.3 is 0 Å². The Balaban J connectivity index is 2.41. The second-order valence-corrected chi connectivity index (χ2v) is 6.70. The van der Waals surface area contributed by atoms with Crippen molar-refractivity contribution in [2.75, 3.05) is 39.3 Å². The Hall–Kier alpha value is -1.79. The molecule has 0 aliphatic carbocycles. The van der Waals surface area contributed by atoms with E-state index in [0.717, 1.165) is 39.0 Å². The van der Waals surface area contributed by atoms with Crippen LogP contribution < -0.4 is 16.0 Å². The number of rotatable bonds is 9. The predicted molar refractivity (Wildman–Crippen MR) is 96.9 cm³/mol. The quantitative estimate of drug-likeness (QED) is 0.328. The van der Waals surface area contributed by atoms with Crippen molar-refractivity contribution < 1.29 is 9.59 Å². The third-order valence-corrected chi connectivity index (χ3v) is 4.00. The summed E-state index contributed by atoms with van der Waals surface area (Å²) in [5, 5.41) is 9.30. The van der Waals surface area contributed by atoms with Crippen molar-refractivity contribution in [3.8, 4) is 0 Å². The molecule has 1 rings (SSSR count). The minimum Gasteiger partial charge on any atom is -0.357 e. The van der Waals surface area contributed by atoms with Gasteiger partial charge in [0.15, 0.2) is 5.96 Å². The number of nitrogens with one attached hydrogen (secondary N) is 3. The molecule has 0 aromatic heterocycles. The maximum atomic E-state index is 12.0. The summed E-state index contributed by atoms with van der Waals surface area (Å²) >= 11 is 0. The highest BCUT2D eigenvalue weighted by atomic mass is 16.2. The van der Waals surface area contributed by atoms with E-state index in [9.17, 15) is 9.59 Å². The Morgan fingerprint density at radius 3 is 2.50 bits per heavy atom. The highest BCUT2D eigenvalue weighted by Crippen LogP contribution is 2.15. The molecule has 1 saturated heterocycles. The summed E-state index contributed by atoms with van der Waals surface area (Å²) in [7, 11) is 0. The number of carbonyl (C=O) groups is 2. The summed E-state index contributed by atoms with van der Waals surface area (Å²) in [5.41, 5.74) is -0.541. The average molecular weight is 339 g/mol. The lowest BCUT2D eigenvalue weighted by atomic mass is 9.92. The van der Waals surface area contributed by atoms with Crippen LogP contribution in [-0.4, -0.2) is 61.9 Å². The first-order valence-electron chi connectivity index (χ1n) is 8.99. The Bertz CT molecular complexity index is 448. The van der Waals surface area contributed by atoms with Crippen LogP contribution in [0.3, 0.4) is 0 Å². The SMILES string of the molecule is CCNC(=O)C(C)(C)CN=C(NCC)NCCCN1CCCC1=O. The van der Waals surface area contributed by atoms with Gasteiger partial charge in [-0.25, -0.2) is 0 Å². The highest BCUT2D eigenvalue weighted by Gasteiger charge is 2.26. The molecule has 1 aliphatic rings. The fraction of sp³-hybridized carbons (Fsp3) is 0.824. The molecule has 7 heteroatoms. The Kier molecular flexibility index (Phi) is 8.57. The largest absolute Gasteiger partial charge is 0.357 e. The molecule has 7 nitrogen and oxygen atoms in total. The van der Waals surface area contributed by atoms with Crippen LogP contribution in [0.15, 0.2) is 4.99 Å². The minimum absolute atomic E-state index is 0.0112. The van der Waals surface area contributed by atoms with E-state index < -0.39 is 5.41 Å². The number of guanidine groups is 1. The topological polar surface area (TPSA) is 85.8 Å². The maximum Gasteiger partial charge on any atom is 0.227 e. The van der Waals surface area contributed by atoms with Crippen LogP contribution in [0.1, 0.15) is 47.0 Å². The van der Waals surface area contributed by atoms with Gasteiger partial charge in [0.05, 0.1) is 12.0 Å². The molecule has 0 radical (unpaired) electrons. The summed E-state index contributed by atoms with van der Waals surface area (Å²) in [6, 6.07) is 0. The van der Waals surface area contributed by atoms with Gasteiger partial charge in [-0.15, -0.1) is 0 Å². The van der Waals surface area contributed by atoms with Gasteiger partial charge in [0.2, 0.25) is 11.8 Å². The highest BCUT2D eigenvalue weighted by molar-refractivity contribution is 5.83. The molecule has 1 heterocycles. The second-order valence-electron chi connectivity index (χ2n) is 6.70. The lowest BCUT2D eigenvalue weighted by Gasteiger charge is -2.22. The van der Waals surface area contributed by atoms with Gasteiger partial charge < -0.3 is 20.9 Å². The molecule has 24 heavy (non-hydrogen) atoms. The van der Waals surface area contributed by atoms with Crippen LogP contribution in [-0.2, 0) is 9.59 Å². The van der Waals surface area contributed by atoms with E-state index in [1.54, 1.807) is 0 Å². The zero-order valence-electron chi connectivity index (χ0n) is 15.6. The number of likely N-dealkylation sites (tertiary alicyclic amines) is 1. The molecular weight excluding hydrogens is 306 g/mol. The van der Waals surface area contributed by atoms with Gasteiger partial charge in [0.1, 0.15) is 0 Å². The van der Waals surface area contributed by atoms with Crippen LogP contribution >= 0.6 is 0 Å². The van der Waals surface area contributed by atoms with E-state index in [2.05, 4.69) is 20.9 Å². The normalized spacial score (nSPS) is 15.6. The molecule has 1 fully saturated rings. The van der Waals surface area contributed by atoms with Crippen molar-refractivity contribution in [2.45, 2.75) is 47.0 Å². The summed E-state index contributed by atoms with van der Waals surface area (Å²) in [6.07, 6.45) is 2.55. The first-order valence-corrected chi connectivity index (χ1v) is 8.99. The Morgan fingerprint density at radius 1 is 1.21 bits per heavy atom. The zero-order valence-corrected chi connectivity index (χ0v) is 15.6. The second kappa shape index (κ2) is 10.2. The fourth-order valence-corrected chi connectivity index (χ4v) is 2.51. The third kappa shape index (κ3) is 6.76. The van der Waals surface area contributed by atoms with Crippen LogP contribution in [0.2, 0.25) is 0 Å². The van der Waals surface area contributed by atoms with E-state index >= 15 is 0 Å². The van der Waals surface area contributed by atoms with Crippen molar-refractivity contribution in [2.24, 2.45) is 10.4 Å². The van der Waals surface area contributed by atoms with E-state index in [-0.39, 0.29) is 11.8 Å². The van der Waals surface area contributed by atoms with Gasteiger partial charge in [0.25, 0.3) is 0 Å². The molecule has 0 atom stereocenters. The molecule has 138 valence electrons. The molecule has 0 aromatic carbocycles. The van der Waals surface area contributed by atoms with E-state index in [1.165, 1.54) is 0 Å².